The number of esters is 1. The molecule has 0 bridgehead atoms. The van der Waals surface area contributed by atoms with Gasteiger partial charge in [-0.1, -0.05) is 18.2 Å². The van der Waals surface area contributed by atoms with Gasteiger partial charge in [0.25, 0.3) is 5.91 Å². The fourth-order valence-corrected chi connectivity index (χ4v) is 2.93. The predicted molar refractivity (Wildman–Crippen MR) is 129 cm³/mol. The highest BCUT2D eigenvalue weighted by molar-refractivity contribution is 6.01. The Morgan fingerprint density at radius 2 is 1.41 bits per heavy atom. The largest absolute Gasteiger partial charge is 0.497 e. The van der Waals surface area contributed by atoms with Crippen molar-refractivity contribution < 1.29 is 28.6 Å². The van der Waals surface area contributed by atoms with Gasteiger partial charge in [-0.25, -0.2) is 9.59 Å². The fourth-order valence-electron chi connectivity index (χ4n) is 2.93. The summed E-state index contributed by atoms with van der Waals surface area (Å²) in [5.74, 6) is -0.240. The summed E-state index contributed by atoms with van der Waals surface area (Å²) in [5, 5.41) is 8.04. The van der Waals surface area contributed by atoms with Crippen molar-refractivity contribution in [3.63, 3.8) is 0 Å². The highest BCUT2D eigenvalue weighted by Gasteiger charge is 2.20. The maximum atomic E-state index is 12.5. The van der Waals surface area contributed by atoms with Crippen molar-refractivity contribution in [1.29, 1.82) is 0 Å². The van der Waals surface area contributed by atoms with Crippen LogP contribution in [0.5, 0.6) is 11.5 Å². The molecule has 0 aromatic heterocycles. The van der Waals surface area contributed by atoms with Crippen molar-refractivity contribution in [1.82, 2.24) is 0 Å². The van der Waals surface area contributed by atoms with Crippen LogP contribution < -0.4 is 25.4 Å². The molecular weight excluding hydrogens is 438 g/mol. The van der Waals surface area contributed by atoms with Crippen LogP contribution in [0, 0.1) is 0 Å². The molecule has 0 aliphatic rings. The summed E-state index contributed by atoms with van der Waals surface area (Å²) in [6.45, 7) is 1.46. The Morgan fingerprint density at radius 1 is 0.765 bits per heavy atom. The van der Waals surface area contributed by atoms with Gasteiger partial charge in [0.2, 0.25) is 0 Å². The molecular formula is C25H25N3O6. The van der Waals surface area contributed by atoms with Crippen LogP contribution in [0.4, 0.5) is 21.9 Å². The van der Waals surface area contributed by atoms with E-state index in [0.717, 1.165) is 0 Å². The van der Waals surface area contributed by atoms with E-state index in [9.17, 15) is 14.4 Å². The number of anilines is 3. The molecule has 3 N–H and O–H groups in total. The molecule has 0 spiro atoms. The number of carbonyl (C=O) groups is 3. The topological polar surface area (TPSA) is 115 Å². The Bertz CT molecular complexity index is 1150. The van der Waals surface area contributed by atoms with Crippen molar-refractivity contribution in [3.8, 4) is 11.5 Å². The van der Waals surface area contributed by atoms with Crippen molar-refractivity contribution in [2.75, 3.05) is 30.2 Å². The third kappa shape index (κ3) is 6.49. The fraction of sp³-hybridized carbons (Fsp3) is 0.160. The second-order valence-corrected chi connectivity index (χ2v) is 7.13. The molecule has 0 aliphatic heterocycles. The number of para-hydroxylation sites is 1. The number of carbonyl (C=O) groups excluding carboxylic acids is 3. The zero-order valence-electron chi connectivity index (χ0n) is 19.0. The lowest BCUT2D eigenvalue weighted by Crippen LogP contribution is -2.30. The van der Waals surface area contributed by atoms with E-state index in [-0.39, 0.29) is 5.56 Å². The molecule has 9 nitrogen and oxygen atoms in total. The smallest absolute Gasteiger partial charge is 0.338 e. The van der Waals surface area contributed by atoms with Crippen molar-refractivity contribution in [2.45, 2.75) is 13.0 Å². The number of rotatable bonds is 8. The summed E-state index contributed by atoms with van der Waals surface area (Å²) in [6, 6.07) is 19.6. The number of amides is 3. The second-order valence-electron chi connectivity index (χ2n) is 7.13. The zero-order chi connectivity index (χ0) is 24.5. The van der Waals surface area contributed by atoms with Gasteiger partial charge in [0.05, 0.1) is 25.5 Å². The molecule has 3 amide bonds. The van der Waals surface area contributed by atoms with Crippen LogP contribution in [0.2, 0.25) is 0 Å². The molecule has 9 heteroatoms. The van der Waals surface area contributed by atoms with E-state index in [4.69, 9.17) is 14.2 Å². The Morgan fingerprint density at radius 3 is 2.03 bits per heavy atom. The van der Waals surface area contributed by atoms with Gasteiger partial charge in [0.15, 0.2) is 6.10 Å². The van der Waals surface area contributed by atoms with Crippen molar-refractivity contribution in [2.24, 2.45) is 0 Å². The standard InChI is InChI=1S/C25H25N3O6/c1-16(23(29)28-21-15-20(32-2)13-14-22(21)33-3)34-24(30)17-9-11-19(12-10-17)27-25(31)26-18-7-5-4-6-8-18/h4-16H,1-3H3,(H,28,29)(H2,26,27,31). The molecule has 1 unspecified atom stereocenters. The average molecular weight is 463 g/mol. The lowest BCUT2D eigenvalue weighted by molar-refractivity contribution is -0.123. The molecule has 0 saturated carbocycles. The van der Waals surface area contributed by atoms with Gasteiger partial charge in [-0.15, -0.1) is 0 Å². The van der Waals surface area contributed by atoms with Gasteiger partial charge in [-0.3, -0.25) is 4.79 Å². The molecule has 0 saturated heterocycles. The number of methoxy groups -OCH3 is 2. The minimum atomic E-state index is -1.07. The molecule has 34 heavy (non-hydrogen) atoms. The second kappa shape index (κ2) is 11.4. The number of nitrogens with one attached hydrogen (secondary N) is 3. The highest BCUT2D eigenvalue weighted by atomic mass is 16.5. The van der Waals surface area contributed by atoms with Gasteiger partial charge >= 0.3 is 12.0 Å². The minimum Gasteiger partial charge on any atom is -0.497 e. The third-order valence-electron chi connectivity index (χ3n) is 4.73. The molecule has 0 fully saturated rings. The van der Waals surface area contributed by atoms with Crippen LogP contribution in [0.15, 0.2) is 72.8 Å². The van der Waals surface area contributed by atoms with Crippen LogP contribution in [0.1, 0.15) is 17.3 Å². The van der Waals surface area contributed by atoms with Crippen molar-refractivity contribution in [3.05, 3.63) is 78.4 Å². The molecule has 0 aliphatic carbocycles. The Kier molecular flexibility index (Phi) is 8.07. The summed E-state index contributed by atoms with van der Waals surface area (Å²) in [5.41, 5.74) is 1.76. The maximum Gasteiger partial charge on any atom is 0.338 e. The molecule has 3 rings (SSSR count). The number of ether oxygens (including phenoxy) is 3. The van der Waals surface area contributed by atoms with Gasteiger partial charge in [0.1, 0.15) is 11.5 Å². The molecule has 176 valence electrons. The molecule has 3 aromatic carbocycles. The summed E-state index contributed by atoms with van der Waals surface area (Å²) >= 11 is 0. The van der Waals surface area contributed by atoms with Gasteiger partial charge in [-0.2, -0.15) is 0 Å². The lowest BCUT2D eigenvalue weighted by Gasteiger charge is -2.16. The van der Waals surface area contributed by atoms with Crippen LogP contribution in [0.3, 0.4) is 0 Å². The summed E-state index contributed by atoms with van der Waals surface area (Å²) in [7, 11) is 2.99. The lowest BCUT2D eigenvalue weighted by atomic mass is 10.2. The molecule has 0 radical (unpaired) electrons. The molecule has 1 atom stereocenters. The quantitative estimate of drug-likeness (QED) is 0.423. The van der Waals surface area contributed by atoms with Crippen LogP contribution in [0.25, 0.3) is 0 Å². The maximum absolute atomic E-state index is 12.5. The first kappa shape index (κ1) is 24.1. The van der Waals surface area contributed by atoms with E-state index < -0.39 is 24.0 Å². The Labute approximate surface area is 197 Å². The predicted octanol–water partition coefficient (Wildman–Crippen LogP) is 4.53. The zero-order valence-corrected chi connectivity index (χ0v) is 19.0. The average Bonchev–Trinajstić information content (AvgIpc) is 2.84. The van der Waals surface area contributed by atoms with Gasteiger partial charge in [-0.05, 0) is 55.5 Å². The summed E-state index contributed by atoms with van der Waals surface area (Å²) < 4.78 is 15.7. The first-order chi connectivity index (χ1) is 16.4. The van der Waals surface area contributed by atoms with Gasteiger partial charge < -0.3 is 30.2 Å². The van der Waals surface area contributed by atoms with Gasteiger partial charge in [0, 0.05) is 17.4 Å². The summed E-state index contributed by atoms with van der Waals surface area (Å²) in [4.78, 5) is 37.1. The minimum absolute atomic E-state index is 0.229. The van der Waals surface area contributed by atoms with Crippen LogP contribution in [-0.2, 0) is 9.53 Å². The number of hydrogen-bond acceptors (Lipinski definition) is 6. The van der Waals surface area contributed by atoms with E-state index in [1.165, 1.54) is 33.3 Å². The Balaban J connectivity index is 1.55. The normalized spacial score (nSPS) is 11.0. The van der Waals surface area contributed by atoms with Crippen LogP contribution in [-0.4, -0.2) is 38.2 Å². The van der Waals surface area contributed by atoms with E-state index in [0.29, 0.717) is 28.6 Å². The van der Waals surface area contributed by atoms with E-state index >= 15 is 0 Å². The first-order valence-corrected chi connectivity index (χ1v) is 10.4. The number of urea groups is 1. The van der Waals surface area contributed by atoms with E-state index in [2.05, 4.69) is 16.0 Å². The third-order valence-corrected chi connectivity index (χ3v) is 4.73. The SMILES string of the molecule is COc1ccc(OC)c(NC(=O)C(C)OC(=O)c2ccc(NC(=O)Nc3ccccc3)cc2)c1. The first-order valence-electron chi connectivity index (χ1n) is 10.4. The van der Waals surface area contributed by atoms with Crippen molar-refractivity contribution >= 4 is 35.0 Å². The molecule has 0 heterocycles. The van der Waals surface area contributed by atoms with E-state index in [1.807, 2.05) is 18.2 Å². The Hall–Kier alpha value is -4.53. The monoisotopic (exact) mass is 463 g/mol. The highest BCUT2D eigenvalue weighted by Crippen LogP contribution is 2.29. The van der Waals surface area contributed by atoms with E-state index in [1.54, 1.807) is 42.5 Å². The summed E-state index contributed by atoms with van der Waals surface area (Å²) in [6.07, 6.45) is -1.07. The van der Waals surface area contributed by atoms with Crippen LogP contribution >= 0.6 is 0 Å². The molecule has 3 aromatic rings. The number of hydrogen-bond donors (Lipinski definition) is 3. The number of benzene rings is 3.